The summed E-state index contributed by atoms with van der Waals surface area (Å²) >= 11 is 2.01. The number of ether oxygens (including phenoxy) is 2. The molecule has 1 aromatic rings. The first kappa shape index (κ1) is 15.0. The van der Waals surface area contributed by atoms with Crippen LogP contribution in [0, 0.1) is 0 Å². The van der Waals surface area contributed by atoms with Gasteiger partial charge in [-0.3, -0.25) is 0 Å². The molecule has 0 radical (unpaired) electrons. The van der Waals surface area contributed by atoms with Crippen molar-refractivity contribution in [2.45, 2.75) is 50.2 Å². The number of benzene rings is 1. The summed E-state index contributed by atoms with van der Waals surface area (Å²) in [5, 5.41) is 0. The summed E-state index contributed by atoms with van der Waals surface area (Å²) in [6.07, 6.45) is 4.92. The van der Waals surface area contributed by atoms with Crippen LogP contribution >= 0.6 is 11.8 Å². The molecule has 116 valence electrons. The van der Waals surface area contributed by atoms with Crippen LogP contribution < -0.4 is 15.2 Å². The molecular weight excluding hydrogens is 282 g/mol. The highest BCUT2D eigenvalue weighted by molar-refractivity contribution is 7.99. The fourth-order valence-corrected chi connectivity index (χ4v) is 4.26. The van der Waals surface area contributed by atoms with Crippen LogP contribution in [-0.4, -0.2) is 30.8 Å². The lowest BCUT2D eigenvalue weighted by Gasteiger charge is -2.26. The Hall–Kier alpha value is -0.870. The van der Waals surface area contributed by atoms with Gasteiger partial charge in [-0.05, 0) is 61.8 Å². The van der Waals surface area contributed by atoms with Gasteiger partial charge in [0.25, 0.3) is 0 Å². The third-order valence-corrected chi connectivity index (χ3v) is 5.91. The predicted octanol–water partition coefficient (Wildman–Crippen LogP) is 3.35. The van der Waals surface area contributed by atoms with Crippen LogP contribution in [0.1, 0.15) is 38.2 Å². The monoisotopic (exact) mass is 307 g/mol. The van der Waals surface area contributed by atoms with E-state index < -0.39 is 0 Å². The predicted molar refractivity (Wildman–Crippen MR) is 88.5 cm³/mol. The van der Waals surface area contributed by atoms with Gasteiger partial charge in [0.05, 0.1) is 7.11 Å². The Labute approximate surface area is 131 Å². The minimum absolute atomic E-state index is 0.160. The maximum atomic E-state index is 6.24. The molecule has 1 aliphatic carbocycles. The Kier molecular flexibility index (Phi) is 4.36. The second kappa shape index (κ2) is 6.09. The molecule has 1 atom stereocenters. The molecule has 0 aromatic heterocycles. The lowest BCUT2D eigenvalue weighted by atomic mass is 9.89. The van der Waals surface area contributed by atoms with Crippen molar-refractivity contribution >= 4 is 11.8 Å². The van der Waals surface area contributed by atoms with Gasteiger partial charge in [-0.2, -0.15) is 11.8 Å². The summed E-state index contributed by atoms with van der Waals surface area (Å²) in [5.74, 6) is 4.10. The molecule has 2 fully saturated rings. The summed E-state index contributed by atoms with van der Waals surface area (Å²) in [6, 6.07) is 6.53. The van der Waals surface area contributed by atoms with E-state index >= 15 is 0 Å². The van der Waals surface area contributed by atoms with Crippen LogP contribution in [0.25, 0.3) is 0 Å². The van der Waals surface area contributed by atoms with Gasteiger partial charge in [0.1, 0.15) is 6.10 Å². The van der Waals surface area contributed by atoms with Crippen molar-refractivity contribution in [3.63, 3.8) is 0 Å². The van der Waals surface area contributed by atoms with Crippen molar-refractivity contribution in [1.29, 1.82) is 0 Å². The number of methoxy groups -OCH3 is 1. The maximum absolute atomic E-state index is 6.24. The smallest absolute Gasteiger partial charge is 0.161 e. The van der Waals surface area contributed by atoms with Crippen molar-refractivity contribution in [3.05, 3.63) is 23.8 Å². The second-order valence-electron chi connectivity index (χ2n) is 6.24. The zero-order valence-corrected chi connectivity index (χ0v) is 13.7. The zero-order chi connectivity index (χ0) is 14.9. The number of nitrogens with two attached hydrogens (primary N) is 1. The van der Waals surface area contributed by atoms with Gasteiger partial charge in [0.15, 0.2) is 11.5 Å². The molecule has 3 nitrogen and oxygen atoms in total. The van der Waals surface area contributed by atoms with Crippen molar-refractivity contribution in [2.75, 3.05) is 18.6 Å². The van der Waals surface area contributed by atoms with E-state index in [0.717, 1.165) is 24.3 Å². The molecule has 1 saturated carbocycles. The first-order valence-electron chi connectivity index (χ1n) is 7.84. The van der Waals surface area contributed by atoms with Crippen LogP contribution in [0.5, 0.6) is 11.5 Å². The highest BCUT2D eigenvalue weighted by Crippen LogP contribution is 2.51. The molecular formula is C17H25NO2S. The number of hydrogen-bond donors (Lipinski definition) is 1. The van der Waals surface area contributed by atoms with E-state index in [9.17, 15) is 0 Å². The minimum atomic E-state index is 0.160. The molecule has 1 aromatic carbocycles. The first-order valence-corrected chi connectivity index (χ1v) is 9.00. The fraction of sp³-hybridized carbons (Fsp3) is 0.647. The highest BCUT2D eigenvalue weighted by Gasteiger charge is 2.47. The van der Waals surface area contributed by atoms with Crippen molar-refractivity contribution in [3.8, 4) is 11.5 Å². The van der Waals surface area contributed by atoms with Crippen molar-refractivity contribution < 1.29 is 9.47 Å². The van der Waals surface area contributed by atoms with E-state index in [-0.39, 0.29) is 11.5 Å². The van der Waals surface area contributed by atoms with Gasteiger partial charge < -0.3 is 15.2 Å². The molecule has 0 amide bonds. The summed E-state index contributed by atoms with van der Waals surface area (Å²) in [7, 11) is 1.71. The van der Waals surface area contributed by atoms with Gasteiger partial charge in [0.2, 0.25) is 0 Å². The highest BCUT2D eigenvalue weighted by atomic mass is 32.2. The van der Waals surface area contributed by atoms with E-state index in [1.165, 1.54) is 29.9 Å². The summed E-state index contributed by atoms with van der Waals surface area (Å²) in [6.45, 7) is 2.11. The largest absolute Gasteiger partial charge is 0.493 e. The molecule has 1 unspecified atom stereocenters. The van der Waals surface area contributed by atoms with Crippen LogP contribution in [0.4, 0.5) is 0 Å². The van der Waals surface area contributed by atoms with E-state index in [0.29, 0.717) is 6.10 Å². The summed E-state index contributed by atoms with van der Waals surface area (Å²) < 4.78 is 11.7. The van der Waals surface area contributed by atoms with Gasteiger partial charge in [-0.15, -0.1) is 0 Å². The van der Waals surface area contributed by atoms with E-state index in [2.05, 4.69) is 19.1 Å². The van der Waals surface area contributed by atoms with E-state index in [1.54, 1.807) is 7.11 Å². The molecule has 1 saturated heterocycles. The zero-order valence-electron chi connectivity index (χ0n) is 12.9. The van der Waals surface area contributed by atoms with Crippen molar-refractivity contribution in [1.82, 2.24) is 0 Å². The Morgan fingerprint density at radius 2 is 1.95 bits per heavy atom. The number of thioether (sulfide) groups is 1. The van der Waals surface area contributed by atoms with Gasteiger partial charge in [-0.25, -0.2) is 0 Å². The molecule has 0 bridgehead atoms. The van der Waals surface area contributed by atoms with Gasteiger partial charge in [0, 0.05) is 11.5 Å². The fourth-order valence-electron chi connectivity index (χ4n) is 3.19. The number of hydrogen-bond acceptors (Lipinski definition) is 4. The quantitative estimate of drug-likeness (QED) is 0.906. The Morgan fingerprint density at radius 1 is 1.24 bits per heavy atom. The molecule has 0 spiro atoms. The van der Waals surface area contributed by atoms with Crippen LogP contribution in [0.15, 0.2) is 18.2 Å². The minimum Gasteiger partial charge on any atom is -0.493 e. The average Bonchev–Trinajstić information content (AvgIpc) is 3.30. The second-order valence-corrected chi connectivity index (χ2v) is 7.46. The van der Waals surface area contributed by atoms with Gasteiger partial charge >= 0.3 is 0 Å². The van der Waals surface area contributed by atoms with Gasteiger partial charge in [-0.1, -0.05) is 6.07 Å². The third kappa shape index (κ3) is 3.02. The average molecular weight is 307 g/mol. The van der Waals surface area contributed by atoms with Crippen molar-refractivity contribution in [2.24, 2.45) is 5.73 Å². The van der Waals surface area contributed by atoms with Crippen LogP contribution in [0.3, 0.4) is 0 Å². The molecule has 21 heavy (non-hydrogen) atoms. The lowest BCUT2D eigenvalue weighted by molar-refractivity contribution is 0.184. The van der Waals surface area contributed by atoms with Crippen LogP contribution in [0.2, 0.25) is 0 Å². The lowest BCUT2D eigenvalue weighted by Crippen LogP contribution is -2.31. The molecule has 1 aliphatic heterocycles. The Balaban J connectivity index is 1.83. The van der Waals surface area contributed by atoms with E-state index in [4.69, 9.17) is 15.2 Å². The standard InChI is InChI=1S/C17H25NO2S/c1-12(18)17(7-8-17)13-3-4-15(19-2)16(11-13)20-14-5-9-21-10-6-14/h3-4,11-12,14H,5-10,18H2,1-2H3. The molecule has 4 heteroatoms. The number of rotatable bonds is 5. The molecule has 3 rings (SSSR count). The normalized spacial score (nSPS) is 22.6. The molecule has 2 aliphatic rings. The topological polar surface area (TPSA) is 44.5 Å². The SMILES string of the molecule is COc1ccc(C2(C(C)N)CC2)cc1OC1CCSCC1. The Morgan fingerprint density at radius 3 is 2.52 bits per heavy atom. The maximum Gasteiger partial charge on any atom is 0.161 e. The summed E-state index contributed by atoms with van der Waals surface area (Å²) in [4.78, 5) is 0. The molecule has 1 heterocycles. The molecule has 2 N–H and O–H groups in total. The first-order chi connectivity index (χ1) is 10.2. The third-order valence-electron chi connectivity index (χ3n) is 4.86. The Bertz CT molecular complexity index is 494. The van der Waals surface area contributed by atoms with Crippen LogP contribution in [-0.2, 0) is 5.41 Å². The van der Waals surface area contributed by atoms with E-state index in [1.807, 2.05) is 17.8 Å². The summed E-state index contributed by atoms with van der Waals surface area (Å²) in [5.41, 5.74) is 7.66.